The van der Waals surface area contributed by atoms with E-state index < -0.39 is 30.5 Å². The highest BCUT2D eigenvalue weighted by Crippen LogP contribution is 2.47. The summed E-state index contributed by atoms with van der Waals surface area (Å²) in [5.41, 5.74) is 0. The Kier molecular flexibility index (Phi) is 7.34. The molecule has 3 fully saturated rings. The van der Waals surface area contributed by atoms with Gasteiger partial charge in [0.1, 0.15) is 18.0 Å². The van der Waals surface area contributed by atoms with Crippen LogP contribution in [0.25, 0.3) is 0 Å². The Bertz CT molecular complexity index is 1190. The lowest BCUT2D eigenvalue weighted by molar-refractivity contribution is -0.0760. The third kappa shape index (κ3) is 5.92. The van der Waals surface area contributed by atoms with Crippen LogP contribution in [0.4, 0.5) is 36.0 Å². The number of nitrogens with one attached hydrogen (secondary N) is 2. The van der Waals surface area contributed by atoms with E-state index in [9.17, 15) is 18.4 Å². The maximum Gasteiger partial charge on any atom is 0.413 e. The molecule has 39 heavy (non-hydrogen) atoms. The Balaban J connectivity index is 1.19. The number of fused-ring (bicyclic) bond motifs is 1. The minimum Gasteiger partial charge on any atom is -0.477 e. The number of nitrogens with zero attached hydrogens (tertiary/aromatic N) is 7. The molecular weight excluding hydrogens is 516 g/mol. The Hall–Kier alpha value is -3.88. The van der Waals surface area contributed by atoms with Crippen molar-refractivity contribution in [1.82, 2.24) is 29.7 Å². The number of rotatable bonds is 7. The molecule has 5 rings (SSSR count). The minimum atomic E-state index is -3.15. The molecule has 0 spiro atoms. The van der Waals surface area contributed by atoms with E-state index in [2.05, 4.69) is 35.5 Å². The Morgan fingerprint density at radius 1 is 1.13 bits per heavy atom. The van der Waals surface area contributed by atoms with Gasteiger partial charge in [0.2, 0.25) is 11.8 Å². The average molecular weight is 548 g/mol. The van der Waals surface area contributed by atoms with E-state index >= 15 is 0 Å². The maximum absolute atomic E-state index is 14.9. The van der Waals surface area contributed by atoms with Gasteiger partial charge in [-0.1, -0.05) is 0 Å². The summed E-state index contributed by atoms with van der Waals surface area (Å²) >= 11 is 0. The first kappa shape index (κ1) is 26.7. The first-order chi connectivity index (χ1) is 18.6. The quantitative estimate of drug-likeness (QED) is 0.530. The predicted molar refractivity (Wildman–Crippen MR) is 136 cm³/mol. The number of anilines is 3. The molecule has 2 aromatic rings. The van der Waals surface area contributed by atoms with Gasteiger partial charge in [0, 0.05) is 57.7 Å². The van der Waals surface area contributed by atoms with E-state index in [0.29, 0.717) is 18.4 Å². The van der Waals surface area contributed by atoms with Gasteiger partial charge in [-0.25, -0.2) is 33.3 Å². The van der Waals surface area contributed by atoms with Crippen LogP contribution in [0.2, 0.25) is 0 Å². The second-order valence-electron chi connectivity index (χ2n) is 9.97. The SMILES string of the molecule is CCOc1cnc(NC(=O)N(C)C2CN(c3nccc(NC(=O)OC4C5CN(C)CC54)n3)CCC2(F)F)cn1. The van der Waals surface area contributed by atoms with Crippen LogP contribution in [0.5, 0.6) is 5.88 Å². The summed E-state index contributed by atoms with van der Waals surface area (Å²) in [5.74, 6) is -1.68. The Labute approximate surface area is 223 Å². The molecule has 0 bridgehead atoms. The van der Waals surface area contributed by atoms with Crippen molar-refractivity contribution in [2.45, 2.75) is 31.4 Å². The largest absolute Gasteiger partial charge is 0.477 e. The highest BCUT2D eigenvalue weighted by Gasteiger charge is 2.57. The second-order valence-corrected chi connectivity index (χ2v) is 9.97. The molecule has 210 valence electrons. The Morgan fingerprint density at radius 3 is 2.59 bits per heavy atom. The number of likely N-dealkylation sites (N-methyl/N-ethyl adjacent to an activating group) is 1. The summed E-state index contributed by atoms with van der Waals surface area (Å²) in [4.78, 5) is 46.4. The molecule has 2 aliphatic heterocycles. The first-order valence-corrected chi connectivity index (χ1v) is 12.7. The fourth-order valence-corrected chi connectivity index (χ4v) is 5.10. The van der Waals surface area contributed by atoms with Gasteiger partial charge in [-0.05, 0) is 20.0 Å². The number of urea groups is 1. The van der Waals surface area contributed by atoms with Crippen LogP contribution in [0, 0.1) is 11.8 Å². The molecule has 0 radical (unpaired) electrons. The Morgan fingerprint density at radius 2 is 1.90 bits per heavy atom. The number of amides is 3. The molecule has 0 aromatic carbocycles. The number of hydrogen-bond acceptors (Lipinski definition) is 10. The van der Waals surface area contributed by atoms with Crippen molar-refractivity contribution < 1.29 is 27.8 Å². The number of alkyl halides is 2. The van der Waals surface area contributed by atoms with E-state index in [1.165, 1.54) is 31.7 Å². The van der Waals surface area contributed by atoms with E-state index in [1.807, 2.05) is 7.05 Å². The third-order valence-corrected chi connectivity index (χ3v) is 7.24. The van der Waals surface area contributed by atoms with Crippen LogP contribution in [0.3, 0.4) is 0 Å². The number of carbonyl (C=O) groups excluding carboxylic acids is 2. The average Bonchev–Trinajstić information content (AvgIpc) is 3.33. The predicted octanol–water partition coefficient (Wildman–Crippen LogP) is 2.15. The van der Waals surface area contributed by atoms with Gasteiger partial charge >= 0.3 is 12.1 Å². The summed E-state index contributed by atoms with van der Waals surface area (Å²) in [6.07, 6.45) is 2.83. The molecule has 2 saturated heterocycles. The van der Waals surface area contributed by atoms with Gasteiger partial charge in [-0.3, -0.25) is 10.6 Å². The third-order valence-electron chi connectivity index (χ3n) is 7.24. The molecule has 2 N–H and O–H groups in total. The molecule has 2 aromatic heterocycles. The molecule has 3 unspecified atom stereocenters. The van der Waals surface area contributed by atoms with Crippen molar-refractivity contribution in [2.24, 2.45) is 11.8 Å². The van der Waals surface area contributed by atoms with Gasteiger partial charge in [0.25, 0.3) is 5.92 Å². The maximum atomic E-state index is 14.9. The number of ether oxygens (including phenoxy) is 2. The zero-order chi connectivity index (χ0) is 27.7. The zero-order valence-electron chi connectivity index (χ0n) is 21.9. The molecule has 1 aliphatic carbocycles. The summed E-state index contributed by atoms with van der Waals surface area (Å²) < 4.78 is 40.6. The van der Waals surface area contributed by atoms with Gasteiger partial charge in [0.05, 0.1) is 19.0 Å². The van der Waals surface area contributed by atoms with E-state index in [4.69, 9.17) is 9.47 Å². The molecule has 15 heteroatoms. The number of piperidine rings is 2. The number of aromatic nitrogens is 4. The van der Waals surface area contributed by atoms with Crippen molar-refractivity contribution in [3.8, 4) is 5.88 Å². The smallest absolute Gasteiger partial charge is 0.413 e. The van der Waals surface area contributed by atoms with Gasteiger partial charge in [-0.15, -0.1) is 0 Å². The molecule has 1 saturated carbocycles. The lowest BCUT2D eigenvalue weighted by Gasteiger charge is -2.42. The molecular formula is C24H31F2N9O4. The summed E-state index contributed by atoms with van der Waals surface area (Å²) in [6, 6.07) is -0.741. The fourth-order valence-electron chi connectivity index (χ4n) is 5.10. The van der Waals surface area contributed by atoms with E-state index in [-0.39, 0.29) is 42.7 Å². The first-order valence-electron chi connectivity index (χ1n) is 12.7. The summed E-state index contributed by atoms with van der Waals surface area (Å²) in [5, 5.41) is 5.08. The van der Waals surface area contributed by atoms with Crippen molar-refractivity contribution >= 4 is 29.7 Å². The van der Waals surface area contributed by atoms with Crippen molar-refractivity contribution in [3.05, 3.63) is 24.7 Å². The normalized spacial score (nSPS) is 25.4. The number of halogens is 2. The van der Waals surface area contributed by atoms with Crippen LogP contribution in [-0.4, -0.2) is 107 Å². The summed E-state index contributed by atoms with van der Waals surface area (Å²) in [7, 11) is 3.33. The van der Waals surface area contributed by atoms with Crippen molar-refractivity contribution in [2.75, 3.05) is 62.4 Å². The number of hydrogen-bond donors (Lipinski definition) is 2. The lowest BCUT2D eigenvalue weighted by atomic mass is 10.00. The number of likely N-dealkylation sites (tertiary alicyclic amines) is 1. The summed E-state index contributed by atoms with van der Waals surface area (Å²) in [6.45, 7) is 3.75. The van der Waals surface area contributed by atoms with E-state index in [0.717, 1.165) is 18.0 Å². The van der Waals surface area contributed by atoms with Crippen LogP contribution < -0.4 is 20.3 Å². The monoisotopic (exact) mass is 547 g/mol. The van der Waals surface area contributed by atoms with Gasteiger partial charge in [0.15, 0.2) is 5.82 Å². The molecule has 13 nitrogen and oxygen atoms in total. The van der Waals surface area contributed by atoms with Crippen LogP contribution in [0.1, 0.15) is 13.3 Å². The van der Waals surface area contributed by atoms with Gasteiger partial charge in [-0.2, -0.15) is 4.98 Å². The van der Waals surface area contributed by atoms with E-state index in [1.54, 1.807) is 11.8 Å². The molecule has 4 heterocycles. The number of carbonyl (C=O) groups is 2. The fraction of sp³-hybridized carbons (Fsp3) is 0.583. The molecule has 3 amide bonds. The van der Waals surface area contributed by atoms with Crippen LogP contribution in [-0.2, 0) is 4.74 Å². The van der Waals surface area contributed by atoms with Gasteiger partial charge < -0.3 is 24.2 Å². The van der Waals surface area contributed by atoms with Crippen LogP contribution >= 0.6 is 0 Å². The highest BCUT2D eigenvalue weighted by atomic mass is 19.3. The lowest BCUT2D eigenvalue weighted by Crippen LogP contribution is -2.60. The standard InChI is InChI=1S/C24H31F2N9O4/c1-4-38-19-10-28-18(9-29-19)31-22(36)34(3)16-13-35(8-6-24(16,25)26)21-27-7-5-17(30-21)32-23(37)39-20-14-11-33(2)12-15(14)20/h5,7,9-10,14-16,20H,4,6,8,11-13H2,1-3H3,(H,28,31,36)(H,27,30,32,37). The van der Waals surface area contributed by atoms with Crippen molar-refractivity contribution in [3.63, 3.8) is 0 Å². The zero-order valence-corrected chi connectivity index (χ0v) is 21.9. The van der Waals surface area contributed by atoms with Crippen molar-refractivity contribution in [1.29, 1.82) is 0 Å². The molecule has 3 atom stereocenters. The second kappa shape index (κ2) is 10.7. The minimum absolute atomic E-state index is 0.0316. The van der Waals surface area contributed by atoms with Crippen LogP contribution in [0.15, 0.2) is 24.7 Å². The highest BCUT2D eigenvalue weighted by molar-refractivity contribution is 5.88. The molecule has 3 aliphatic rings. The topological polar surface area (TPSA) is 138 Å².